The van der Waals surface area contributed by atoms with Crippen LogP contribution in [0.1, 0.15) is 61.7 Å². The molecule has 0 spiro atoms. The van der Waals surface area contributed by atoms with Crippen molar-refractivity contribution in [3.05, 3.63) is 87.4 Å². The molecule has 2 aliphatic heterocycles. The van der Waals surface area contributed by atoms with Crippen LogP contribution in [0.15, 0.2) is 65.4 Å². The molecule has 2 aromatic rings. The summed E-state index contributed by atoms with van der Waals surface area (Å²) < 4.78 is 13.3. The van der Waals surface area contributed by atoms with Gasteiger partial charge in [0.15, 0.2) is 0 Å². The summed E-state index contributed by atoms with van der Waals surface area (Å²) in [6.45, 7) is 0. The first-order chi connectivity index (χ1) is 14.6. The van der Waals surface area contributed by atoms with Gasteiger partial charge in [-0.2, -0.15) is 0 Å². The largest absolute Gasteiger partial charge is 0.286 e. The summed E-state index contributed by atoms with van der Waals surface area (Å²) in [5.74, 6) is 0.0983. The summed E-state index contributed by atoms with van der Waals surface area (Å²) in [5.41, 5.74) is 3.33. The van der Waals surface area contributed by atoms with Crippen LogP contribution in [0.5, 0.6) is 0 Å². The third kappa shape index (κ3) is 3.72. The van der Waals surface area contributed by atoms with Crippen LogP contribution in [0.4, 0.5) is 4.39 Å². The molecule has 156 valence electrons. The Hall–Kier alpha value is -1.68. The molecule has 30 heavy (non-hydrogen) atoms. The lowest BCUT2D eigenvalue weighted by molar-refractivity contribution is 0.0919. The van der Waals surface area contributed by atoms with Gasteiger partial charge >= 0.3 is 0 Å². The number of halogens is 3. The Kier molecular flexibility index (Phi) is 5.70. The topological polar surface area (TPSA) is 16.1 Å². The summed E-state index contributed by atoms with van der Waals surface area (Å²) in [7, 11) is 0. The molecule has 5 heteroatoms. The van der Waals surface area contributed by atoms with Gasteiger partial charge in [0, 0.05) is 33.8 Å². The van der Waals surface area contributed by atoms with E-state index in [1.54, 1.807) is 0 Å². The van der Waals surface area contributed by atoms with Gasteiger partial charge in [0.2, 0.25) is 0 Å². The number of nitrogens with zero attached hydrogens (tertiary/aromatic N) is 2. The van der Waals surface area contributed by atoms with Gasteiger partial charge < -0.3 is 0 Å². The van der Waals surface area contributed by atoms with E-state index in [0.717, 1.165) is 59.8 Å². The zero-order valence-electron chi connectivity index (χ0n) is 16.8. The normalized spacial score (nSPS) is 27.5. The number of aromatic nitrogens is 1. The van der Waals surface area contributed by atoms with Crippen molar-refractivity contribution in [3.63, 3.8) is 0 Å². The minimum Gasteiger partial charge on any atom is -0.286 e. The highest BCUT2D eigenvalue weighted by molar-refractivity contribution is 6.31. The minimum atomic E-state index is -0.274. The molecule has 3 unspecified atom stereocenters. The van der Waals surface area contributed by atoms with Gasteiger partial charge in [-0.1, -0.05) is 53.6 Å². The molecule has 3 atom stereocenters. The second-order valence-electron chi connectivity index (χ2n) is 8.63. The Balaban J connectivity index is 1.51. The summed E-state index contributed by atoms with van der Waals surface area (Å²) in [6, 6.07) is 12.5. The fraction of sp³-hybridized carbons (Fsp3) is 0.400. The number of fused-ring (bicyclic) bond motifs is 2. The van der Waals surface area contributed by atoms with Crippen LogP contribution < -0.4 is 0 Å². The number of allylic oxidation sites excluding steroid dienone is 2. The van der Waals surface area contributed by atoms with Gasteiger partial charge in [-0.3, -0.25) is 9.88 Å². The highest BCUT2D eigenvalue weighted by atomic mass is 35.5. The second kappa shape index (κ2) is 8.45. The van der Waals surface area contributed by atoms with Gasteiger partial charge in [-0.05, 0) is 67.9 Å². The van der Waals surface area contributed by atoms with Crippen LogP contribution in [0.2, 0.25) is 5.02 Å². The van der Waals surface area contributed by atoms with Crippen LogP contribution in [0.25, 0.3) is 0 Å². The van der Waals surface area contributed by atoms with Gasteiger partial charge in [-0.25, -0.2) is 4.39 Å². The first-order valence-corrected chi connectivity index (χ1v) is 11.6. The summed E-state index contributed by atoms with van der Waals surface area (Å²) >= 11 is 13.5. The maximum Gasteiger partial charge on any atom is 0.141 e. The Morgan fingerprint density at radius 1 is 1.03 bits per heavy atom. The molecule has 0 N–H and O–H groups in total. The highest BCUT2D eigenvalue weighted by Gasteiger charge is 2.46. The third-order valence-electron chi connectivity index (χ3n) is 6.89. The first kappa shape index (κ1) is 20.2. The van der Waals surface area contributed by atoms with Crippen LogP contribution in [0, 0.1) is 5.82 Å². The van der Waals surface area contributed by atoms with Gasteiger partial charge in [-0.15, -0.1) is 0 Å². The van der Waals surface area contributed by atoms with Crippen molar-refractivity contribution < 1.29 is 4.39 Å². The minimum absolute atomic E-state index is 0.0716. The Bertz CT molecular complexity index is 971. The van der Waals surface area contributed by atoms with E-state index in [2.05, 4.69) is 34.2 Å². The Labute approximate surface area is 187 Å². The predicted molar refractivity (Wildman–Crippen MR) is 120 cm³/mol. The molecule has 1 aromatic heterocycles. The molecule has 2 fully saturated rings. The zero-order chi connectivity index (χ0) is 20.7. The first-order valence-electron chi connectivity index (χ1n) is 10.8. The molecule has 0 saturated carbocycles. The number of piperidine rings is 1. The van der Waals surface area contributed by atoms with Crippen molar-refractivity contribution in [2.75, 3.05) is 0 Å². The number of hydrogen-bond acceptors (Lipinski definition) is 2. The summed E-state index contributed by atoms with van der Waals surface area (Å²) in [5, 5.41) is 1.74. The van der Waals surface area contributed by atoms with E-state index in [-0.39, 0.29) is 11.9 Å². The quantitative estimate of drug-likeness (QED) is 0.498. The Morgan fingerprint density at radius 3 is 2.47 bits per heavy atom. The van der Waals surface area contributed by atoms with Crippen LogP contribution in [-0.4, -0.2) is 22.0 Å². The maximum atomic E-state index is 13.3. The molecule has 5 rings (SSSR count). The molecule has 2 saturated heterocycles. The van der Waals surface area contributed by atoms with Crippen LogP contribution >= 0.6 is 23.2 Å². The summed E-state index contributed by atoms with van der Waals surface area (Å²) in [4.78, 5) is 7.05. The van der Waals surface area contributed by atoms with Crippen molar-refractivity contribution in [3.8, 4) is 0 Å². The molecule has 0 amide bonds. The molecule has 3 aliphatic rings. The maximum absolute atomic E-state index is 13.3. The fourth-order valence-corrected chi connectivity index (χ4v) is 6.10. The molecular weight excluding hydrogens is 418 g/mol. The lowest BCUT2D eigenvalue weighted by Gasteiger charge is -2.45. The molecule has 3 heterocycles. The molecule has 1 aliphatic carbocycles. The van der Waals surface area contributed by atoms with Gasteiger partial charge in [0.1, 0.15) is 5.82 Å². The zero-order valence-corrected chi connectivity index (χ0v) is 18.3. The number of hydrogen-bond donors (Lipinski definition) is 0. The van der Waals surface area contributed by atoms with E-state index in [9.17, 15) is 4.39 Å². The standard InChI is InChI=1S/C25H25Cl2FN2/c26-22-7-3-1-5-20(22)25(21-6-2-4-8-23(21)27)30-18-10-11-19(30)14-16(13-18)24-12-9-17(28)15-29-24/h1-3,5-7,9,12,15-16,18-19,25H,4,8,10-11,13-14H2. The van der Waals surface area contributed by atoms with Crippen LogP contribution in [-0.2, 0) is 0 Å². The lowest BCUT2D eigenvalue weighted by Crippen LogP contribution is -2.45. The van der Waals surface area contributed by atoms with Crippen molar-refractivity contribution in [2.24, 2.45) is 0 Å². The SMILES string of the molecule is Fc1ccc(C2CC3CCC(C2)N3C(C2=C(Cl)CCC=C2)c2ccccc2Cl)nc1. The average Bonchev–Trinajstić information content (AvgIpc) is 3.00. The highest BCUT2D eigenvalue weighted by Crippen LogP contribution is 2.50. The fourth-order valence-electron chi connectivity index (χ4n) is 5.59. The van der Waals surface area contributed by atoms with Crippen molar-refractivity contribution in [1.82, 2.24) is 9.88 Å². The van der Waals surface area contributed by atoms with E-state index in [1.165, 1.54) is 17.8 Å². The van der Waals surface area contributed by atoms with E-state index in [4.69, 9.17) is 23.2 Å². The van der Waals surface area contributed by atoms with E-state index >= 15 is 0 Å². The van der Waals surface area contributed by atoms with E-state index in [1.807, 2.05) is 18.2 Å². The molecule has 2 bridgehead atoms. The number of pyridine rings is 1. The smallest absolute Gasteiger partial charge is 0.141 e. The van der Waals surface area contributed by atoms with Gasteiger partial charge in [0.25, 0.3) is 0 Å². The Morgan fingerprint density at radius 2 is 1.80 bits per heavy atom. The number of rotatable bonds is 4. The molecule has 2 nitrogen and oxygen atoms in total. The monoisotopic (exact) mass is 442 g/mol. The predicted octanol–water partition coefficient (Wildman–Crippen LogP) is 7.17. The average molecular weight is 443 g/mol. The third-order valence-corrected chi connectivity index (χ3v) is 7.64. The molecule has 1 aromatic carbocycles. The van der Waals surface area contributed by atoms with Crippen LogP contribution in [0.3, 0.4) is 0 Å². The van der Waals surface area contributed by atoms with Gasteiger partial charge in [0.05, 0.1) is 12.2 Å². The number of benzene rings is 1. The van der Waals surface area contributed by atoms with Crippen molar-refractivity contribution in [2.45, 2.75) is 62.6 Å². The molecule has 0 radical (unpaired) electrons. The summed E-state index contributed by atoms with van der Waals surface area (Å²) in [6.07, 6.45) is 12.0. The lowest BCUT2D eigenvalue weighted by atomic mass is 9.83. The van der Waals surface area contributed by atoms with Crippen molar-refractivity contribution in [1.29, 1.82) is 0 Å². The van der Waals surface area contributed by atoms with Crippen molar-refractivity contribution >= 4 is 23.2 Å². The second-order valence-corrected chi connectivity index (χ2v) is 9.49. The van der Waals surface area contributed by atoms with E-state index in [0.29, 0.717) is 18.0 Å². The van der Waals surface area contributed by atoms with E-state index < -0.39 is 0 Å². The molecular formula is C25H25Cl2FN2.